The first-order valence-corrected chi connectivity index (χ1v) is 6.77. The fourth-order valence-electron chi connectivity index (χ4n) is 1.44. The predicted octanol–water partition coefficient (Wildman–Crippen LogP) is 1.47. The van der Waals surface area contributed by atoms with Gasteiger partial charge in [-0.3, -0.25) is 9.59 Å². The summed E-state index contributed by atoms with van der Waals surface area (Å²) in [7, 11) is 1.52. The van der Waals surface area contributed by atoms with Crippen molar-refractivity contribution in [3.63, 3.8) is 0 Å². The van der Waals surface area contributed by atoms with Crippen molar-refractivity contribution in [3.05, 3.63) is 34.1 Å². The number of methoxy groups -OCH3 is 1. The van der Waals surface area contributed by atoms with E-state index >= 15 is 0 Å². The third-order valence-electron chi connectivity index (χ3n) is 2.52. The topological polar surface area (TPSA) is 67.4 Å². The van der Waals surface area contributed by atoms with E-state index in [1.807, 2.05) is 0 Å². The van der Waals surface area contributed by atoms with E-state index in [0.29, 0.717) is 17.6 Å². The lowest BCUT2D eigenvalue weighted by Gasteiger charge is -2.14. The first kappa shape index (κ1) is 16.6. The van der Waals surface area contributed by atoms with Crippen LogP contribution in [0, 0.1) is 5.82 Å². The molecule has 0 radical (unpaired) electrons. The number of hydrogen-bond donors (Lipinski definition) is 2. The lowest BCUT2D eigenvalue weighted by molar-refractivity contribution is -0.122. The van der Waals surface area contributed by atoms with Gasteiger partial charge in [0.25, 0.3) is 5.91 Å². The minimum atomic E-state index is -0.762. The summed E-state index contributed by atoms with van der Waals surface area (Å²) in [6.07, 6.45) is 0. The quantitative estimate of drug-likeness (QED) is 0.766. The van der Waals surface area contributed by atoms with E-state index in [2.05, 4.69) is 26.6 Å². The number of benzene rings is 1. The van der Waals surface area contributed by atoms with Crippen LogP contribution < -0.4 is 10.6 Å². The normalized spacial score (nSPS) is 11.8. The number of rotatable bonds is 6. The molecular weight excluding hydrogens is 331 g/mol. The molecule has 0 aromatic heterocycles. The minimum absolute atomic E-state index is 0.107. The van der Waals surface area contributed by atoms with E-state index in [1.54, 1.807) is 6.07 Å². The molecule has 1 rings (SSSR count). The number of carbonyl (C=O) groups is 2. The number of ether oxygens (including phenoxy) is 1. The summed E-state index contributed by atoms with van der Waals surface area (Å²) in [5.41, 5.74) is -0.107. The summed E-state index contributed by atoms with van der Waals surface area (Å²) < 4.78 is 18.9. The van der Waals surface area contributed by atoms with Crippen LogP contribution in [0.3, 0.4) is 0 Å². The van der Waals surface area contributed by atoms with E-state index in [9.17, 15) is 14.0 Å². The molecule has 0 heterocycles. The molecule has 0 bridgehead atoms. The SMILES string of the molecule is COCCNC(=O)C(C)NC(=O)c1ccc(Br)cc1F. The first-order valence-electron chi connectivity index (χ1n) is 5.98. The van der Waals surface area contributed by atoms with Crippen LogP contribution in [0.1, 0.15) is 17.3 Å². The van der Waals surface area contributed by atoms with Gasteiger partial charge < -0.3 is 15.4 Å². The molecule has 0 saturated carbocycles. The van der Waals surface area contributed by atoms with Crippen molar-refractivity contribution in [2.45, 2.75) is 13.0 Å². The second-order valence-electron chi connectivity index (χ2n) is 4.10. The lowest BCUT2D eigenvalue weighted by Crippen LogP contribution is -2.45. The highest BCUT2D eigenvalue weighted by Gasteiger charge is 2.18. The Kier molecular flexibility index (Phi) is 6.60. The summed E-state index contributed by atoms with van der Waals surface area (Å²) in [5, 5.41) is 5.02. The van der Waals surface area contributed by atoms with Crippen LogP contribution in [0.15, 0.2) is 22.7 Å². The average molecular weight is 347 g/mol. The smallest absolute Gasteiger partial charge is 0.254 e. The van der Waals surface area contributed by atoms with Crippen molar-refractivity contribution in [2.24, 2.45) is 0 Å². The molecule has 0 aliphatic rings. The summed E-state index contributed by atoms with van der Waals surface area (Å²) in [5.74, 6) is -1.64. The summed E-state index contributed by atoms with van der Waals surface area (Å²) >= 11 is 3.11. The minimum Gasteiger partial charge on any atom is -0.383 e. The van der Waals surface area contributed by atoms with Crippen molar-refractivity contribution < 1.29 is 18.7 Å². The van der Waals surface area contributed by atoms with E-state index in [1.165, 1.54) is 26.2 Å². The van der Waals surface area contributed by atoms with Crippen LogP contribution in [-0.2, 0) is 9.53 Å². The van der Waals surface area contributed by atoms with Crippen LogP contribution in [0.25, 0.3) is 0 Å². The number of hydrogen-bond acceptors (Lipinski definition) is 3. The molecule has 1 unspecified atom stereocenters. The molecule has 1 aromatic carbocycles. The summed E-state index contributed by atoms with van der Waals surface area (Å²) in [4.78, 5) is 23.5. The van der Waals surface area contributed by atoms with Gasteiger partial charge in [-0.25, -0.2) is 4.39 Å². The van der Waals surface area contributed by atoms with Gasteiger partial charge in [-0.2, -0.15) is 0 Å². The second-order valence-corrected chi connectivity index (χ2v) is 5.02. The van der Waals surface area contributed by atoms with E-state index in [0.717, 1.165) is 0 Å². The molecular formula is C13H16BrFN2O3. The van der Waals surface area contributed by atoms with E-state index in [4.69, 9.17) is 4.74 Å². The monoisotopic (exact) mass is 346 g/mol. The first-order chi connectivity index (χ1) is 9.45. The lowest BCUT2D eigenvalue weighted by atomic mass is 10.2. The fourth-order valence-corrected chi connectivity index (χ4v) is 1.78. The van der Waals surface area contributed by atoms with E-state index < -0.39 is 17.8 Å². The zero-order valence-corrected chi connectivity index (χ0v) is 12.8. The van der Waals surface area contributed by atoms with Gasteiger partial charge in [-0.05, 0) is 25.1 Å². The number of carbonyl (C=O) groups excluding carboxylic acids is 2. The maximum atomic E-state index is 13.6. The third kappa shape index (κ3) is 4.90. The molecule has 0 aliphatic carbocycles. The maximum absolute atomic E-state index is 13.6. The zero-order valence-electron chi connectivity index (χ0n) is 11.2. The van der Waals surface area contributed by atoms with Crippen LogP contribution in [0.4, 0.5) is 4.39 Å². The summed E-state index contributed by atoms with van der Waals surface area (Å²) in [6.45, 7) is 2.26. The molecule has 7 heteroatoms. The summed E-state index contributed by atoms with van der Waals surface area (Å²) in [6, 6.07) is 3.34. The van der Waals surface area contributed by atoms with Gasteiger partial charge in [0.2, 0.25) is 5.91 Å². The Balaban J connectivity index is 2.58. The molecule has 0 aliphatic heterocycles. The fraction of sp³-hybridized carbons (Fsp3) is 0.385. The third-order valence-corrected chi connectivity index (χ3v) is 3.02. The number of amides is 2. The average Bonchev–Trinajstić information content (AvgIpc) is 2.38. The second kappa shape index (κ2) is 7.96. The molecule has 2 N–H and O–H groups in total. The molecule has 0 saturated heterocycles. The maximum Gasteiger partial charge on any atom is 0.254 e. The highest BCUT2D eigenvalue weighted by molar-refractivity contribution is 9.10. The Bertz CT molecular complexity index is 497. The van der Waals surface area contributed by atoms with Gasteiger partial charge in [0.05, 0.1) is 12.2 Å². The zero-order chi connectivity index (χ0) is 15.1. The van der Waals surface area contributed by atoms with Crippen LogP contribution in [0.2, 0.25) is 0 Å². The van der Waals surface area contributed by atoms with Crippen LogP contribution >= 0.6 is 15.9 Å². The van der Waals surface area contributed by atoms with Crippen molar-refractivity contribution in [3.8, 4) is 0 Å². The van der Waals surface area contributed by atoms with Crippen LogP contribution in [-0.4, -0.2) is 38.1 Å². The van der Waals surface area contributed by atoms with Gasteiger partial charge >= 0.3 is 0 Å². The highest BCUT2D eigenvalue weighted by Crippen LogP contribution is 2.15. The standard InChI is InChI=1S/C13H16BrFN2O3/c1-8(12(18)16-5-6-20-2)17-13(19)10-4-3-9(14)7-11(10)15/h3-4,7-8H,5-6H2,1-2H3,(H,16,18)(H,17,19). The van der Waals surface area contributed by atoms with E-state index in [-0.39, 0.29) is 11.5 Å². The van der Waals surface area contributed by atoms with Gasteiger partial charge in [0, 0.05) is 18.1 Å². The molecule has 0 spiro atoms. The molecule has 0 fully saturated rings. The molecule has 1 aromatic rings. The van der Waals surface area contributed by atoms with Gasteiger partial charge in [-0.1, -0.05) is 15.9 Å². The predicted molar refractivity (Wildman–Crippen MR) is 75.9 cm³/mol. The molecule has 20 heavy (non-hydrogen) atoms. The van der Waals surface area contributed by atoms with Gasteiger partial charge in [0.15, 0.2) is 0 Å². The Morgan fingerprint density at radius 1 is 1.45 bits per heavy atom. The Hall–Kier alpha value is -1.47. The van der Waals surface area contributed by atoms with Crippen molar-refractivity contribution in [2.75, 3.05) is 20.3 Å². The van der Waals surface area contributed by atoms with Crippen molar-refractivity contribution >= 4 is 27.7 Å². The molecule has 5 nitrogen and oxygen atoms in total. The Morgan fingerprint density at radius 2 is 2.15 bits per heavy atom. The molecule has 110 valence electrons. The Labute approximate surface area is 125 Å². The molecule has 2 amide bonds. The Morgan fingerprint density at radius 3 is 2.75 bits per heavy atom. The van der Waals surface area contributed by atoms with Gasteiger partial charge in [0.1, 0.15) is 11.9 Å². The molecule has 1 atom stereocenters. The van der Waals surface area contributed by atoms with Crippen molar-refractivity contribution in [1.29, 1.82) is 0 Å². The van der Waals surface area contributed by atoms with Crippen LogP contribution in [0.5, 0.6) is 0 Å². The van der Waals surface area contributed by atoms with Crippen molar-refractivity contribution in [1.82, 2.24) is 10.6 Å². The number of halogens is 2. The highest BCUT2D eigenvalue weighted by atomic mass is 79.9. The largest absolute Gasteiger partial charge is 0.383 e. The van der Waals surface area contributed by atoms with Gasteiger partial charge in [-0.15, -0.1) is 0 Å². The number of nitrogens with one attached hydrogen (secondary N) is 2.